The van der Waals surface area contributed by atoms with Crippen LogP contribution < -0.4 is 10.2 Å². The van der Waals surface area contributed by atoms with Crippen molar-refractivity contribution in [1.82, 2.24) is 0 Å². The number of hydrogen-bond acceptors (Lipinski definition) is 20. The lowest BCUT2D eigenvalue weighted by molar-refractivity contribution is -0.360. The van der Waals surface area contributed by atoms with Crippen molar-refractivity contribution in [3.63, 3.8) is 0 Å². The second-order valence-corrected chi connectivity index (χ2v) is 13.1. The number of aliphatic hydroxyl groups excluding tert-OH is 8. The Labute approximate surface area is 298 Å². The molecule has 0 saturated carbocycles. The van der Waals surface area contributed by atoms with Gasteiger partial charge in [-0.3, -0.25) is 4.79 Å². The molecule has 0 spiro atoms. The highest BCUT2D eigenvalue weighted by Crippen LogP contribution is 2.40. The van der Waals surface area contributed by atoms with Gasteiger partial charge < -0.3 is 94.1 Å². The molecule has 4 heterocycles. The highest BCUT2D eigenvalue weighted by Gasteiger charge is 2.52. The first-order chi connectivity index (χ1) is 25.0. The number of benzene rings is 2. The second kappa shape index (κ2) is 15.1. The van der Waals surface area contributed by atoms with Crippen LogP contribution in [0.15, 0.2) is 39.5 Å². The Kier molecular flexibility index (Phi) is 11.1. The van der Waals surface area contributed by atoms with Gasteiger partial charge in [-0.25, -0.2) is 0 Å². The van der Waals surface area contributed by atoms with E-state index in [1.807, 2.05) is 0 Å². The summed E-state index contributed by atoms with van der Waals surface area (Å²) in [5.74, 6) is -3.68. The molecule has 3 saturated heterocycles. The van der Waals surface area contributed by atoms with Gasteiger partial charge in [0.25, 0.3) is 0 Å². The van der Waals surface area contributed by atoms with Crippen LogP contribution in [0.25, 0.3) is 22.3 Å². The van der Waals surface area contributed by atoms with Gasteiger partial charge in [0.05, 0.1) is 18.8 Å². The maximum atomic E-state index is 14.0. The lowest BCUT2D eigenvalue weighted by Crippen LogP contribution is -2.65. The van der Waals surface area contributed by atoms with Crippen LogP contribution >= 0.6 is 0 Å². The summed E-state index contributed by atoms with van der Waals surface area (Å²) in [6.45, 7) is 2.05. The molecule has 3 aliphatic rings. The number of aliphatic hydroxyl groups is 8. The molecule has 0 unspecified atom stereocenters. The third-order valence-corrected chi connectivity index (χ3v) is 9.37. The largest absolute Gasteiger partial charge is 0.508 e. The zero-order valence-electron chi connectivity index (χ0n) is 27.9. The predicted molar refractivity (Wildman–Crippen MR) is 171 cm³/mol. The van der Waals surface area contributed by atoms with Gasteiger partial charge in [0, 0.05) is 17.7 Å². The molecule has 53 heavy (non-hydrogen) atoms. The van der Waals surface area contributed by atoms with E-state index in [4.69, 9.17) is 32.8 Å². The predicted octanol–water partition coefficient (Wildman–Crippen LogP) is -2.84. The van der Waals surface area contributed by atoms with Crippen molar-refractivity contribution in [3.8, 4) is 40.1 Å². The van der Waals surface area contributed by atoms with Crippen LogP contribution in [0.1, 0.15) is 13.8 Å². The number of ether oxygens (including phenoxy) is 6. The van der Waals surface area contributed by atoms with E-state index in [-0.39, 0.29) is 11.1 Å². The molecule has 0 radical (unpaired) electrons. The van der Waals surface area contributed by atoms with Gasteiger partial charge in [0.2, 0.25) is 17.5 Å². The van der Waals surface area contributed by atoms with Crippen LogP contribution in [0.3, 0.4) is 0 Å². The fourth-order valence-corrected chi connectivity index (χ4v) is 6.25. The Balaban J connectivity index is 1.40. The third kappa shape index (κ3) is 7.34. The molecule has 3 fully saturated rings. The van der Waals surface area contributed by atoms with Crippen LogP contribution in [0.5, 0.6) is 28.7 Å². The SMILES string of the molecule is C[C@@H]1O[C@H](OC[C@H]2O[C@@H](Oc3c(-c4ccc(O)c(O)c4)oc4cc(O)cc(O)c4c3=O)[C@H](O[C@H]3O[C@@H](C)[C@H](O)[C@@H](O)[C@H]3O)[C@@H](O)[C@@H]2O)[C@H](O)[C@H](O)[C@H]1O. The molecular formula is C33H40O20. The summed E-state index contributed by atoms with van der Waals surface area (Å²) in [4.78, 5) is 14.0. The van der Waals surface area contributed by atoms with Crippen molar-refractivity contribution >= 4 is 11.0 Å². The Bertz CT molecular complexity index is 1830. The van der Waals surface area contributed by atoms with E-state index in [1.54, 1.807) is 0 Å². The standard InChI is InChI=1S/C33H40O20/c1-9-19(38)23(42)26(45)31(48-9)47-8-17-21(40)25(44)30(53-32-27(46)24(43)20(39)10(2)49-32)33(51-17)52-29-22(41)18-15(37)6-12(34)7-16(18)50-28(29)11-3-4-13(35)14(36)5-11/h3-7,9-10,17,19-21,23-27,30-40,42-46H,8H2,1-2H3/t9-,10-,17+,19-,20-,21+,23+,24+,25-,26+,27+,30+,31-,32+,33-/m0/s1. The van der Waals surface area contributed by atoms with Gasteiger partial charge in [-0.1, -0.05) is 0 Å². The van der Waals surface area contributed by atoms with Gasteiger partial charge in [0.15, 0.2) is 35.9 Å². The normalized spacial score (nSPS) is 37.8. The fraction of sp³-hybridized carbons (Fsp3) is 0.545. The number of rotatable bonds is 8. The molecule has 0 aliphatic carbocycles. The zero-order chi connectivity index (χ0) is 38.6. The van der Waals surface area contributed by atoms with Crippen LogP contribution in [-0.2, 0) is 23.7 Å². The minimum atomic E-state index is -2.04. The molecule has 20 heteroatoms. The molecule has 0 bridgehead atoms. The van der Waals surface area contributed by atoms with Gasteiger partial charge in [-0.15, -0.1) is 0 Å². The summed E-state index contributed by atoms with van der Waals surface area (Å²) in [7, 11) is 0. The van der Waals surface area contributed by atoms with E-state index < -0.39 is 144 Å². The van der Waals surface area contributed by atoms with Gasteiger partial charge >= 0.3 is 0 Å². The van der Waals surface area contributed by atoms with Gasteiger partial charge in [-0.2, -0.15) is 0 Å². The maximum absolute atomic E-state index is 14.0. The van der Waals surface area contributed by atoms with Crippen molar-refractivity contribution in [1.29, 1.82) is 0 Å². The fourth-order valence-electron chi connectivity index (χ4n) is 6.25. The van der Waals surface area contributed by atoms with E-state index in [0.29, 0.717) is 0 Å². The molecule has 3 aromatic rings. The Morgan fingerprint density at radius 2 is 1.26 bits per heavy atom. The lowest BCUT2D eigenvalue weighted by atomic mass is 9.97. The lowest BCUT2D eigenvalue weighted by Gasteiger charge is -2.46. The minimum Gasteiger partial charge on any atom is -0.508 e. The van der Waals surface area contributed by atoms with E-state index >= 15 is 0 Å². The molecule has 12 N–H and O–H groups in total. The summed E-state index contributed by atoms with van der Waals surface area (Å²) < 4.78 is 40.1. The number of hydrogen-bond donors (Lipinski definition) is 12. The molecule has 2 aromatic carbocycles. The Hall–Kier alpha value is -3.87. The van der Waals surface area contributed by atoms with E-state index in [9.17, 15) is 66.1 Å². The average Bonchev–Trinajstić information content (AvgIpc) is 3.11. The van der Waals surface area contributed by atoms with Crippen LogP contribution in [-0.4, -0.2) is 160 Å². The van der Waals surface area contributed by atoms with Gasteiger partial charge in [-0.05, 0) is 32.0 Å². The minimum absolute atomic E-state index is 0.0962. The summed E-state index contributed by atoms with van der Waals surface area (Å²) in [5.41, 5.74) is -1.54. The van der Waals surface area contributed by atoms with E-state index in [1.165, 1.54) is 19.9 Å². The number of phenols is 4. The van der Waals surface area contributed by atoms with Crippen molar-refractivity contribution in [2.24, 2.45) is 0 Å². The topological polar surface area (TPSA) is 328 Å². The van der Waals surface area contributed by atoms with Crippen molar-refractivity contribution in [2.45, 2.75) is 106 Å². The molecule has 0 amide bonds. The number of aromatic hydroxyl groups is 4. The zero-order valence-corrected chi connectivity index (χ0v) is 27.9. The Morgan fingerprint density at radius 3 is 1.91 bits per heavy atom. The summed E-state index contributed by atoms with van der Waals surface area (Å²) in [6, 6.07) is 5.09. The first-order valence-corrected chi connectivity index (χ1v) is 16.4. The molecule has 15 atom stereocenters. The quantitative estimate of drug-likeness (QED) is 0.103. The summed E-state index contributed by atoms with van der Waals surface area (Å²) >= 11 is 0. The van der Waals surface area contributed by atoms with Crippen LogP contribution in [0.2, 0.25) is 0 Å². The molecule has 20 nitrogen and oxygen atoms in total. The smallest absolute Gasteiger partial charge is 0.239 e. The van der Waals surface area contributed by atoms with Crippen molar-refractivity contribution in [3.05, 3.63) is 40.6 Å². The molecule has 292 valence electrons. The molecule has 1 aromatic heterocycles. The number of fused-ring (bicyclic) bond motifs is 1. The number of phenolic OH excluding ortho intramolecular Hbond substituents is 4. The highest BCUT2D eigenvalue weighted by molar-refractivity contribution is 5.88. The third-order valence-electron chi connectivity index (χ3n) is 9.37. The summed E-state index contributed by atoms with van der Waals surface area (Å²) in [6.07, 6.45) is -25.1. The maximum Gasteiger partial charge on any atom is 0.239 e. The monoisotopic (exact) mass is 756 g/mol. The van der Waals surface area contributed by atoms with E-state index in [0.717, 1.165) is 24.3 Å². The van der Waals surface area contributed by atoms with Crippen LogP contribution in [0.4, 0.5) is 0 Å². The first-order valence-electron chi connectivity index (χ1n) is 16.4. The molecule has 3 aliphatic heterocycles. The Morgan fingerprint density at radius 1 is 0.642 bits per heavy atom. The second-order valence-electron chi connectivity index (χ2n) is 13.1. The molecule has 6 rings (SSSR count). The summed E-state index contributed by atoms with van der Waals surface area (Å²) in [5, 5.41) is 125. The average molecular weight is 757 g/mol. The first kappa shape index (κ1) is 38.8. The van der Waals surface area contributed by atoms with Crippen molar-refractivity contribution < 1.29 is 94.1 Å². The van der Waals surface area contributed by atoms with E-state index in [2.05, 4.69) is 0 Å². The van der Waals surface area contributed by atoms with Gasteiger partial charge in [0.1, 0.15) is 77.4 Å². The highest BCUT2D eigenvalue weighted by atomic mass is 16.8. The van der Waals surface area contributed by atoms with Crippen molar-refractivity contribution in [2.75, 3.05) is 6.61 Å². The van der Waals surface area contributed by atoms with Crippen LogP contribution in [0, 0.1) is 0 Å². The molecular weight excluding hydrogens is 716 g/mol.